The number of hydrogen-bond acceptors (Lipinski definition) is 2. The predicted octanol–water partition coefficient (Wildman–Crippen LogP) is 5.43. The van der Waals surface area contributed by atoms with Crippen molar-refractivity contribution in [1.82, 2.24) is 4.57 Å². The molecule has 0 aliphatic heterocycles. The summed E-state index contributed by atoms with van der Waals surface area (Å²) in [4.78, 5) is 24.3. The number of carbonyl (C=O) groups is 2. The van der Waals surface area contributed by atoms with E-state index in [-0.39, 0.29) is 35.3 Å². The van der Waals surface area contributed by atoms with Crippen LogP contribution >= 0.6 is 0 Å². The molecule has 1 radical (unpaired) electrons. The fourth-order valence-corrected chi connectivity index (χ4v) is 3.60. The Morgan fingerprint density at radius 1 is 0.939 bits per heavy atom. The molecule has 0 fully saturated rings. The van der Waals surface area contributed by atoms with E-state index in [9.17, 15) is 27.9 Å². The maximum Gasteiger partial charge on any atom is 0.416 e. The summed E-state index contributed by atoms with van der Waals surface area (Å²) in [6.07, 6.45) is -4.44. The van der Waals surface area contributed by atoms with E-state index >= 15 is 0 Å². The fourth-order valence-electron chi connectivity index (χ4n) is 3.60. The van der Waals surface area contributed by atoms with E-state index in [4.69, 9.17) is 0 Å². The Hall–Kier alpha value is -3.07. The molecule has 0 aliphatic carbocycles. The molecule has 2 N–H and O–H groups in total. The first-order valence-corrected chi connectivity index (χ1v) is 9.56. The number of fused-ring (bicyclic) bond motifs is 1. The summed E-state index contributed by atoms with van der Waals surface area (Å²) >= 11 is 0. The van der Waals surface area contributed by atoms with Gasteiger partial charge in [0.2, 0.25) is 0 Å². The van der Waals surface area contributed by atoms with Gasteiger partial charge in [0.15, 0.2) is 0 Å². The van der Waals surface area contributed by atoms with E-state index in [0.29, 0.717) is 33.3 Å². The fraction of sp³-hybridized carbons (Fsp3) is 0.0833. The second-order valence-corrected chi connectivity index (χ2v) is 7.24. The van der Waals surface area contributed by atoms with Crippen molar-refractivity contribution in [1.29, 1.82) is 0 Å². The van der Waals surface area contributed by atoms with Crippen molar-refractivity contribution >= 4 is 58.0 Å². The molecular weight excluding hydrogens is 444 g/mol. The van der Waals surface area contributed by atoms with Crippen LogP contribution in [-0.4, -0.2) is 51.1 Å². The summed E-state index contributed by atoms with van der Waals surface area (Å²) < 4.78 is 40.1. The molecule has 4 aromatic rings. The molecule has 0 spiro atoms. The zero-order valence-electron chi connectivity index (χ0n) is 17.8. The van der Waals surface area contributed by atoms with Crippen LogP contribution in [0.4, 0.5) is 18.9 Å². The largest absolute Gasteiger partial charge is 0.477 e. The number of rotatable bonds is 4. The molecule has 4 rings (SSSR count). The Kier molecular flexibility index (Phi) is 7.02. The zero-order chi connectivity index (χ0) is 23.0. The number of aromatic nitrogens is 1. The van der Waals surface area contributed by atoms with E-state index < -0.39 is 23.6 Å². The number of nitrogens with zero attached hydrogens (tertiary/aromatic N) is 1. The molecule has 33 heavy (non-hydrogen) atoms. The third kappa shape index (κ3) is 4.98. The molecule has 0 atom stereocenters. The van der Waals surface area contributed by atoms with Crippen LogP contribution in [0, 0.1) is 0 Å². The second-order valence-electron chi connectivity index (χ2n) is 7.24. The van der Waals surface area contributed by atoms with Gasteiger partial charge in [-0.25, -0.2) is 4.79 Å². The van der Waals surface area contributed by atoms with Gasteiger partial charge in [-0.05, 0) is 53.6 Å². The van der Waals surface area contributed by atoms with E-state index in [0.717, 1.165) is 12.1 Å². The van der Waals surface area contributed by atoms with Crippen LogP contribution in [0.1, 0.15) is 26.4 Å². The van der Waals surface area contributed by atoms with Crippen molar-refractivity contribution in [2.24, 2.45) is 7.05 Å². The Morgan fingerprint density at radius 2 is 1.61 bits per heavy atom. The predicted molar refractivity (Wildman–Crippen MR) is 120 cm³/mol. The van der Waals surface area contributed by atoms with E-state index in [1.165, 1.54) is 18.2 Å². The van der Waals surface area contributed by atoms with Gasteiger partial charge in [0.25, 0.3) is 5.91 Å². The quantitative estimate of drug-likeness (QED) is 0.398. The standard InChI is InChI=1S/C24H17F3N2O3.Na/c1-29-20-11-10-17(12-15(20)13-21(29)23(31)32)28-22(30)19-5-3-2-4-18(19)14-6-8-16(9-7-14)24(25,26)27;/h2-13H,1H3,(H,28,30)(H,31,32);. The first kappa shape index (κ1) is 24.6. The van der Waals surface area contributed by atoms with Crippen molar-refractivity contribution in [2.45, 2.75) is 6.18 Å². The van der Waals surface area contributed by atoms with Crippen LogP contribution in [0.3, 0.4) is 0 Å². The topological polar surface area (TPSA) is 71.3 Å². The summed E-state index contributed by atoms with van der Waals surface area (Å²) in [5, 5.41) is 12.7. The van der Waals surface area contributed by atoms with Gasteiger partial charge in [-0.3, -0.25) is 4.79 Å². The van der Waals surface area contributed by atoms with Crippen LogP contribution < -0.4 is 5.32 Å². The number of amides is 1. The van der Waals surface area contributed by atoms with E-state index in [2.05, 4.69) is 5.32 Å². The van der Waals surface area contributed by atoms with Crippen molar-refractivity contribution in [3.63, 3.8) is 0 Å². The Balaban J connectivity index is 0.00000306. The summed E-state index contributed by atoms with van der Waals surface area (Å²) in [6, 6.07) is 17.8. The van der Waals surface area contributed by atoms with Gasteiger partial charge in [-0.2, -0.15) is 13.2 Å². The van der Waals surface area contributed by atoms with Gasteiger partial charge in [0.05, 0.1) is 5.56 Å². The summed E-state index contributed by atoms with van der Waals surface area (Å²) in [5.74, 6) is -1.49. The summed E-state index contributed by atoms with van der Waals surface area (Å²) in [5.41, 5.74) is 1.79. The SMILES string of the molecule is Cn1c(C(=O)O)cc2cc(NC(=O)c3ccccc3-c3ccc(C(F)(F)F)cc3)ccc21.[Na]. The maximum atomic E-state index is 13.0. The molecule has 163 valence electrons. The third-order valence-electron chi connectivity index (χ3n) is 5.21. The van der Waals surface area contributed by atoms with Gasteiger partial charge in [0, 0.05) is 58.8 Å². The van der Waals surface area contributed by atoms with Crippen molar-refractivity contribution in [2.75, 3.05) is 5.32 Å². The van der Waals surface area contributed by atoms with Gasteiger partial charge in [0.1, 0.15) is 5.69 Å². The normalized spacial score (nSPS) is 11.2. The molecule has 0 unspecified atom stereocenters. The Morgan fingerprint density at radius 3 is 2.24 bits per heavy atom. The number of aryl methyl sites for hydroxylation is 1. The second kappa shape index (κ2) is 9.43. The monoisotopic (exact) mass is 461 g/mol. The van der Waals surface area contributed by atoms with Crippen molar-refractivity contribution in [3.05, 3.63) is 89.6 Å². The van der Waals surface area contributed by atoms with Gasteiger partial charge in [-0.15, -0.1) is 0 Å². The summed E-state index contributed by atoms with van der Waals surface area (Å²) in [6.45, 7) is 0. The molecule has 3 aromatic carbocycles. The van der Waals surface area contributed by atoms with Crippen molar-refractivity contribution in [3.8, 4) is 11.1 Å². The summed E-state index contributed by atoms with van der Waals surface area (Å²) in [7, 11) is 1.64. The van der Waals surface area contributed by atoms with Crippen LogP contribution in [-0.2, 0) is 13.2 Å². The smallest absolute Gasteiger partial charge is 0.416 e. The van der Waals surface area contributed by atoms with Crippen LogP contribution in [0.5, 0.6) is 0 Å². The third-order valence-corrected chi connectivity index (χ3v) is 5.21. The number of alkyl halides is 3. The van der Waals surface area contributed by atoms with E-state index in [1.807, 2.05) is 0 Å². The first-order valence-electron chi connectivity index (χ1n) is 9.56. The molecule has 0 aliphatic rings. The van der Waals surface area contributed by atoms with Crippen LogP contribution in [0.15, 0.2) is 72.8 Å². The van der Waals surface area contributed by atoms with Crippen molar-refractivity contribution < 1.29 is 27.9 Å². The number of carboxylic acids is 1. The zero-order valence-corrected chi connectivity index (χ0v) is 19.8. The molecule has 9 heteroatoms. The molecule has 1 amide bonds. The van der Waals surface area contributed by atoms with Crippen LogP contribution in [0.25, 0.3) is 22.0 Å². The van der Waals surface area contributed by atoms with Crippen LogP contribution in [0.2, 0.25) is 0 Å². The number of carboxylic acid groups (broad SMARTS) is 1. The Bertz CT molecular complexity index is 1350. The van der Waals surface area contributed by atoms with E-state index in [1.54, 1.807) is 54.1 Å². The number of hydrogen-bond donors (Lipinski definition) is 2. The minimum absolute atomic E-state index is 0. The first-order chi connectivity index (χ1) is 15.1. The minimum atomic E-state index is -4.44. The number of nitrogens with one attached hydrogen (secondary N) is 1. The molecule has 1 aromatic heterocycles. The Labute approximate surface area is 209 Å². The van der Waals surface area contributed by atoms with Gasteiger partial charge >= 0.3 is 12.1 Å². The van der Waals surface area contributed by atoms with Gasteiger partial charge < -0.3 is 15.0 Å². The van der Waals surface area contributed by atoms with Gasteiger partial charge in [-0.1, -0.05) is 30.3 Å². The molecule has 0 saturated heterocycles. The molecule has 1 heterocycles. The molecular formula is C24H17F3N2NaO3. The average Bonchev–Trinajstić information content (AvgIpc) is 3.09. The maximum absolute atomic E-state index is 13.0. The average molecular weight is 461 g/mol. The number of aromatic carboxylic acids is 1. The number of benzene rings is 3. The molecule has 5 nitrogen and oxygen atoms in total. The molecule has 0 saturated carbocycles. The minimum Gasteiger partial charge on any atom is -0.477 e. The number of anilines is 1. The molecule has 0 bridgehead atoms. The number of carbonyl (C=O) groups excluding carboxylic acids is 1. The number of halogens is 3.